The number of aromatic nitrogens is 4. The minimum absolute atomic E-state index is 0.126. The molecule has 0 saturated carbocycles. The van der Waals surface area contributed by atoms with Gasteiger partial charge in [-0.2, -0.15) is 10.2 Å². The lowest BCUT2D eigenvalue weighted by Gasteiger charge is -2.06. The minimum atomic E-state index is -0.324. The van der Waals surface area contributed by atoms with Gasteiger partial charge in [0.2, 0.25) is 0 Å². The summed E-state index contributed by atoms with van der Waals surface area (Å²) in [6.07, 6.45) is 3.41. The number of hydrogen-bond donors (Lipinski definition) is 1. The Morgan fingerprint density at radius 3 is 2.73 bits per heavy atom. The molecule has 3 aromatic rings. The van der Waals surface area contributed by atoms with Gasteiger partial charge in [-0.15, -0.1) is 0 Å². The molecule has 1 N–H and O–H groups in total. The van der Waals surface area contributed by atoms with E-state index < -0.39 is 0 Å². The van der Waals surface area contributed by atoms with Gasteiger partial charge in [0, 0.05) is 30.5 Å². The Balaban J connectivity index is 1.54. The van der Waals surface area contributed by atoms with Crippen LogP contribution >= 0.6 is 0 Å². The summed E-state index contributed by atoms with van der Waals surface area (Å²) in [6.45, 7) is 5.30. The molecule has 0 radical (unpaired) electrons. The molecule has 0 atom stereocenters. The zero-order valence-electron chi connectivity index (χ0n) is 14.6. The lowest BCUT2D eigenvalue weighted by molar-refractivity contribution is 0.0944. The molecule has 0 aliphatic carbocycles. The molecule has 0 aliphatic rings. The highest BCUT2D eigenvalue weighted by Gasteiger charge is 2.11. The Hall–Kier alpha value is -3.16. The van der Waals surface area contributed by atoms with Crippen molar-refractivity contribution >= 4 is 5.91 Å². The predicted molar refractivity (Wildman–Crippen MR) is 93.1 cm³/mol. The van der Waals surface area contributed by atoms with Crippen LogP contribution in [0.25, 0.3) is 0 Å². The summed E-state index contributed by atoms with van der Waals surface area (Å²) in [5.74, 6) is -0.0689. The first kappa shape index (κ1) is 17.7. The third kappa shape index (κ3) is 4.08. The highest BCUT2D eigenvalue weighted by Crippen LogP contribution is 2.12. The van der Waals surface area contributed by atoms with Crippen molar-refractivity contribution in [3.05, 3.63) is 65.5 Å². The van der Waals surface area contributed by atoms with Crippen LogP contribution in [0, 0.1) is 12.7 Å². The first-order valence-electron chi connectivity index (χ1n) is 8.28. The second-order valence-electron chi connectivity index (χ2n) is 5.72. The van der Waals surface area contributed by atoms with E-state index in [9.17, 15) is 9.18 Å². The van der Waals surface area contributed by atoms with E-state index >= 15 is 0 Å². The summed E-state index contributed by atoms with van der Waals surface area (Å²) in [6, 6.07) is 7.32. The molecule has 0 spiro atoms. The summed E-state index contributed by atoms with van der Waals surface area (Å²) in [5.41, 5.74) is 2.30. The Morgan fingerprint density at radius 2 is 2.04 bits per heavy atom. The highest BCUT2D eigenvalue weighted by atomic mass is 19.1. The van der Waals surface area contributed by atoms with Gasteiger partial charge in [0.05, 0.1) is 6.20 Å². The first-order chi connectivity index (χ1) is 12.6. The highest BCUT2D eigenvalue weighted by molar-refractivity contribution is 5.92. The molecule has 1 aromatic carbocycles. The molecule has 2 aromatic heterocycles. The van der Waals surface area contributed by atoms with Crippen LogP contribution in [0.4, 0.5) is 4.39 Å². The zero-order valence-corrected chi connectivity index (χ0v) is 14.6. The monoisotopic (exact) mass is 357 g/mol. The van der Waals surface area contributed by atoms with E-state index in [1.165, 1.54) is 28.9 Å². The molecule has 2 heterocycles. The van der Waals surface area contributed by atoms with Crippen LogP contribution in [0.15, 0.2) is 42.7 Å². The van der Waals surface area contributed by atoms with Crippen LogP contribution in [0.5, 0.6) is 5.75 Å². The Bertz CT molecular complexity index is 885. The fourth-order valence-corrected chi connectivity index (χ4v) is 2.47. The van der Waals surface area contributed by atoms with E-state index in [-0.39, 0.29) is 18.5 Å². The van der Waals surface area contributed by atoms with Crippen molar-refractivity contribution in [1.82, 2.24) is 24.9 Å². The fraction of sp³-hybridized carbons (Fsp3) is 0.278. The maximum atomic E-state index is 12.9. The van der Waals surface area contributed by atoms with Gasteiger partial charge in [0.15, 0.2) is 6.73 Å². The van der Waals surface area contributed by atoms with Crippen LogP contribution in [-0.4, -0.2) is 25.5 Å². The Kier molecular flexibility index (Phi) is 5.31. The molecular weight excluding hydrogens is 337 g/mol. The van der Waals surface area contributed by atoms with Gasteiger partial charge in [-0.3, -0.25) is 9.48 Å². The van der Waals surface area contributed by atoms with Gasteiger partial charge >= 0.3 is 0 Å². The number of carbonyl (C=O) groups excluding carboxylic acids is 1. The summed E-state index contributed by atoms with van der Waals surface area (Å²) in [4.78, 5) is 12.2. The van der Waals surface area contributed by atoms with Crippen LogP contribution in [0.3, 0.4) is 0 Å². The molecule has 7 nitrogen and oxygen atoms in total. The number of nitrogens with zero attached hydrogens (tertiary/aromatic N) is 4. The molecule has 8 heteroatoms. The third-order valence-corrected chi connectivity index (χ3v) is 3.99. The molecule has 0 aliphatic heterocycles. The topological polar surface area (TPSA) is 74.0 Å². The van der Waals surface area contributed by atoms with E-state index in [1.807, 2.05) is 18.5 Å². The maximum Gasteiger partial charge on any atom is 0.272 e. The van der Waals surface area contributed by atoms with E-state index in [2.05, 4.69) is 15.5 Å². The van der Waals surface area contributed by atoms with Gasteiger partial charge in [0.1, 0.15) is 17.3 Å². The Labute approximate surface area is 150 Å². The van der Waals surface area contributed by atoms with Crippen molar-refractivity contribution in [2.45, 2.75) is 33.7 Å². The number of aryl methyl sites for hydroxylation is 1. The summed E-state index contributed by atoms with van der Waals surface area (Å²) in [7, 11) is 0. The Morgan fingerprint density at radius 1 is 1.27 bits per heavy atom. The molecular formula is C18H20FN5O2. The van der Waals surface area contributed by atoms with Crippen LogP contribution in [-0.2, 0) is 19.8 Å². The lowest BCUT2D eigenvalue weighted by Crippen LogP contribution is -2.24. The molecule has 0 saturated heterocycles. The average Bonchev–Trinajstić information content (AvgIpc) is 3.26. The zero-order chi connectivity index (χ0) is 18.5. The molecule has 0 fully saturated rings. The van der Waals surface area contributed by atoms with E-state index in [1.54, 1.807) is 18.5 Å². The molecule has 0 unspecified atom stereocenters. The molecule has 136 valence electrons. The fourth-order valence-electron chi connectivity index (χ4n) is 2.47. The van der Waals surface area contributed by atoms with Crippen molar-refractivity contribution in [3.63, 3.8) is 0 Å². The average molecular weight is 357 g/mol. The summed E-state index contributed by atoms with van der Waals surface area (Å²) >= 11 is 0. The van der Waals surface area contributed by atoms with Gasteiger partial charge in [-0.25, -0.2) is 9.07 Å². The van der Waals surface area contributed by atoms with Crippen molar-refractivity contribution in [1.29, 1.82) is 0 Å². The number of hydrogen-bond acceptors (Lipinski definition) is 4. The molecule has 1 amide bonds. The van der Waals surface area contributed by atoms with E-state index in [4.69, 9.17) is 4.74 Å². The third-order valence-electron chi connectivity index (χ3n) is 3.99. The van der Waals surface area contributed by atoms with Crippen LogP contribution in [0.2, 0.25) is 0 Å². The van der Waals surface area contributed by atoms with Gasteiger partial charge in [-0.1, -0.05) is 0 Å². The van der Waals surface area contributed by atoms with Crippen molar-refractivity contribution in [2.75, 3.05) is 0 Å². The van der Waals surface area contributed by atoms with Crippen LogP contribution in [0.1, 0.15) is 28.7 Å². The molecule has 26 heavy (non-hydrogen) atoms. The second kappa shape index (κ2) is 7.81. The lowest BCUT2D eigenvalue weighted by atomic mass is 10.2. The second-order valence-corrected chi connectivity index (χ2v) is 5.72. The number of benzene rings is 1. The summed E-state index contributed by atoms with van der Waals surface area (Å²) < 4.78 is 21.7. The number of nitrogens with one attached hydrogen (secondary N) is 1. The van der Waals surface area contributed by atoms with Crippen LogP contribution < -0.4 is 10.1 Å². The predicted octanol–water partition coefficient (Wildman–Crippen LogP) is 2.51. The number of rotatable bonds is 7. The summed E-state index contributed by atoms with van der Waals surface area (Å²) in [5, 5.41) is 11.3. The smallest absolute Gasteiger partial charge is 0.272 e. The number of halogens is 1. The van der Waals surface area contributed by atoms with Gasteiger partial charge < -0.3 is 10.1 Å². The largest absolute Gasteiger partial charge is 0.471 e. The molecule has 0 bridgehead atoms. The van der Waals surface area contributed by atoms with Crippen molar-refractivity contribution < 1.29 is 13.9 Å². The van der Waals surface area contributed by atoms with Crippen molar-refractivity contribution in [2.24, 2.45) is 0 Å². The quantitative estimate of drug-likeness (QED) is 0.705. The van der Waals surface area contributed by atoms with E-state index in [0.717, 1.165) is 17.8 Å². The van der Waals surface area contributed by atoms with Gasteiger partial charge in [-0.05, 0) is 44.2 Å². The first-order valence-corrected chi connectivity index (χ1v) is 8.28. The maximum absolute atomic E-state index is 12.9. The number of carbonyl (C=O) groups is 1. The number of ether oxygens (including phenoxy) is 1. The normalized spacial score (nSPS) is 10.7. The van der Waals surface area contributed by atoms with Gasteiger partial charge in [0.25, 0.3) is 5.91 Å². The van der Waals surface area contributed by atoms with E-state index in [0.29, 0.717) is 18.0 Å². The number of amides is 1. The standard InChI is InChI=1S/C18H20FN5O2/c1-3-24-13(2)14(11-21-24)10-20-18(25)17-8-9-23(22-17)12-26-16-6-4-15(19)5-7-16/h4-9,11H,3,10,12H2,1-2H3,(H,20,25). The SMILES string of the molecule is CCn1ncc(CNC(=O)c2ccn(COc3ccc(F)cc3)n2)c1C. The molecule has 3 rings (SSSR count). The minimum Gasteiger partial charge on any atom is -0.471 e. The van der Waals surface area contributed by atoms with Crippen molar-refractivity contribution in [3.8, 4) is 5.75 Å².